The maximum Gasteiger partial charge on any atom is 0.223 e. The van der Waals surface area contributed by atoms with Crippen LogP contribution in [0.2, 0.25) is 5.02 Å². The van der Waals surface area contributed by atoms with E-state index in [4.69, 9.17) is 11.6 Å². The Morgan fingerprint density at radius 2 is 1.96 bits per heavy atom. The van der Waals surface area contributed by atoms with E-state index in [1.54, 1.807) is 0 Å². The molecule has 1 N–H and O–H groups in total. The molecule has 0 aliphatic carbocycles. The molecule has 1 atom stereocenters. The number of carbonyl (C=O) groups is 1. The Balaban J connectivity index is 1.85. The van der Waals surface area contributed by atoms with Crippen LogP contribution in [-0.4, -0.2) is 18.1 Å². The van der Waals surface area contributed by atoms with E-state index >= 15 is 0 Å². The van der Waals surface area contributed by atoms with Crippen molar-refractivity contribution in [1.82, 2.24) is 5.32 Å². The maximum atomic E-state index is 12.3. The number of carbonyl (C=O) groups excluding carboxylic acids is 1. The van der Waals surface area contributed by atoms with Gasteiger partial charge in [0.1, 0.15) is 5.66 Å². The third-order valence-corrected chi connectivity index (χ3v) is 5.74. The molecule has 2 heterocycles. The number of hydrogen-bond acceptors (Lipinski definition) is 2. The lowest BCUT2D eigenvalue weighted by Crippen LogP contribution is -2.68. The van der Waals surface area contributed by atoms with E-state index in [1.807, 2.05) is 24.3 Å². The van der Waals surface area contributed by atoms with Crippen molar-refractivity contribution in [2.24, 2.45) is 0 Å². The highest BCUT2D eigenvalue weighted by atomic mass is 35.5. The van der Waals surface area contributed by atoms with Crippen LogP contribution in [0.25, 0.3) is 6.08 Å². The van der Waals surface area contributed by atoms with E-state index in [1.165, 1.54) is 11.3 Å². The summed E-state index contributed by atoms with van der Waals surface area (Å²) in [7, 11) is 0. The first-order chi connectivity index (χ1) is 11.9. The Bertz CT molecular complexity index is 874. The molecule has 2 aliphatic heterocycles. The molecule has 0 radical (unpaired) electrons. The molecule has 128 valence electrons. The smallest absolute Gasteiger partial charge is 0.223 e. The minimum absolute atomic E-state index is 0.0906. The number of para-hydroxylation sites is 1. The molecule has 0 bridgehead atoms. The summed E-state index contributed by atoms with van der Waals surface area (Å²) in [6, 6.07) is 16.2. The molecule has 0 aromatic heterocycles. The van der Waals surface area contributed by atoms with Gasteiger partial charge in [0.2, 0.25) is 5.91 Å². The molecule has 2 aliphatic rings. The van der Waals surface area contributed by atoms with Crippen molar-refractivity contribution in [2.45, 2.75) is 31.3 Å². The first-order valence-electron chi connectivity index (χ1n) is 8.57. The zero-order chi connectivity index (χ0) is 17.7. The normalized spacial score (nSPS) is 24.1. The molecule has 2 aromatic rings. The second-order valence-electron chi connectivity index (χ2n) is 7.25. The lowest BCUT2D eigenvalue weighted by atomic mass is 9.74. The standard InChI is InChI=1S/C21H21ClN2O/c1-20(2)17-8-3-4-9-18(17)24-13-11-19(25)23-21(20,24)12-10-15-6-5-7-16(22)14-15/h3-10,12,14H,11,13H2,1-2H3,(H,23,25)/b12-10+/t21-/m1/s1. The number of benzene rings is 2. The SMILES string of the molecule is CC1(C)c2ccccc2N2CCC(=O)N[C@]21/C=C/c1cccc(Cl)c1. The van der Waals surface area contributed by atoms with Crippen molar-refractivity contribution in [3.63, 3.8) is 0 Å². The molecular weight excluding hydrogens is 332 g/mol. The summed E-state index contributed by atoms with van der Waals surface area (Å²) < 4.78 is 0. The molecule has 4 rings (SSSR count). The molecule has 25 heavy (non-hydrogen) atoms. The Morgan fingerprint density at radius 3 is 2.76 bits per heavy atom. The van der Waals surface area contributed by atoms with Crippen LogP contribution in [-0.2, 0) is 10.2 Å². The van der Waals surface area contributed by atoms with Crippen molar-refractivity contribution in [1.29, 1.82) is 0 Å². The van der Waals surface area contributed by atoms with Crippen LogP contribution in [0.5, 0.6) is 0 Å². The third-order valence-electron chi connectivity index (χ3n) is 5.50. The fraction of sp³-hybridized carbons (Fsp3) is 0.286. The second-order valence-corrected chi connectivity index (χ2v) is 7.68. The van der Waals surface area contributed by atoms with Crippen molar-refractivity contribution in [3.8, 4) is 0 Å². The summed E-state index contributed by atoms with van der Waals surface area (Å²) in [5, 5.41) is 3.99. The van der Waals surface area contributed by atoms with Gasteiger partial charge in [-0.05, 0) is 35.4 Å². The zero-order valence-corrected chi connectivity index (χ0v) is 15.2. The summed E-state index contributed by atoms with van der Waals surface area (Å²) in [6.45, 7) is 5.10. The molecule has 1 amide bonds. The Morgan fingerprint density at radius 1 is 1.16 bits per heavy atom. The molecule has 0 spiro atoms. The van der Waals surface area contributed by atoms with Gasteiger partial charge in [-0.15, -0.1) is 0 Å². The predicted molar refractivity (Wildman–Crippen MR) is 103 cm³/mol. The largest absolute Gasteiger partial charge is 0.344 e. The number of anilines is 1. The van der Waals surface area contributed by atoms with Gasteiger partial charge in [-0.3, -0.25) is 4.79 Å². The van der Waals surface area contributed by atoms with Gasteiger partial charge in [0, 0.05) is 29.1 Å². The molecule has 4 heteroatoms. The first kappa shape index (κ1) is 16.2. The van der Waals surface area contributed by atoms with Gasteiger partial charge in [0.05, 0.1) is 0 Å². The average molecular weight is 353 g/mol. The molecule has 1 saturated heterocycles. The summed E-state index contributed by atoms with van der Waals surface area (Å²) in [4.78, 5) is 14.6. The number of hydrogen-bond donors (Lipinski definition) is 1. The van der Waals surface area contributed by atoms with Gasteiger partial charge in [0.25, 0.3) is 0 Å². The predicted octanol–water partition coefficient (Wildman–Crippen LogP) is 4.37. The Labute approximate surface area is 153 Å². The number of nitrogens with one attached hydrogen (secondary N) is 1. The summed E-state index contributed by atoms with van der Waals surface area (Å²) in [6.07, 6.45) is 4.69. The van der Waals surface area contributed by atoms with Gasteiger partial charge >= 0.3 is 0 Å². The lowest BCUT2D eigenvalue weighted by Gasteiger charge is -2.49. The van der Waals surface area contributed by atoms with E-state index in [9.17, 15) is 4.79 Å². The number of nitrogens with zero attached hydrogens (tertiary/aromatic N) is 1. The maximum absolute atomic E-state index is 12.3. The quantitative estimate of drug-likeness (QED) is 0.870. The van der Waals surface area contributed by atoms with Gasteiger partial charge in [-0.25, -0.2) is 0 Å². The molecule has 0 saturated carbocycles. The van der Waals surface area contributed by atoms with Gasteiger partial charge in [0.15, 0.2) is 0 Å². The minimum Gasteiger partial charge on any atom is -0.344 e. The van der Waals surface area contributed by atoms with Crippen LogP contribution in [0.3, 0.4) is 0 Å². The van der Waals surface area contributed by atoms with Gasteiger partial charge in [-0.1, -0.05) is 61.9 Å². The minimum atomic E-state index is -0.575. The van der Waals surface area contributed by atoms with Crippen molar-refractivity contribution in [2.75, 3.05) is 11.4 Å². The fourth-order valence-corrected chi connectivity index (χ4v) is 4.34. The van der Waals surface area contributed by atoms with Crippen LogP contribution >= 0.6 is 11.6 Å². The van der Waals surface area contributed by atoms with E-state index < -0.39 is 5.66 Å². The van der Waals surface area contributed by atoms with Crippen molar-refractivity contribution < 1.29 is 4.79 Å². The van der Waals surface area contributed by atoms with Crippen molar-refractivity contribution in [3.05, 3.63) is 70.8 Å². The number of halogens is 1. The summed E-state index contributed by atoms with van der Waals surface area (Å²) >= 11 is 6.11. The van der Waals surface area contributed by atoms with Gasteiger partial charge in [-0.2, -0.15) is 0 Å². The van der Waals surface area contributed by atoms with Crippen molar-refractivity contribution >= 4 is 29.3 Å². The Hall–Kier alpha value is -2.26. The molecule has 0 unspecified atom stereocenters. The lowest BCUT2D eigenvalue weighted by molar-refractivity contribution is -0.124. The summed E-state index contributed by atoms with van der Waals surface area (Å²) in [5.41, 5.74) is 2.65. The van der Waals surface area contributed by atoms with E-state index in [0.29, 0.717) is 18.0 Å². The zero-order valence-electron chi connectivity index (χ0n) is 14.4. The van der Waals surface area contributed by atoms with E-state index in [2.05, 4.69) is 60.5 Å². The van der Waals surface area contributed by atoms with Crippen LogP contribution in [0.1, 0.15) is 31.4 Å². The van der Waals surface area contributed by atoms with Crippen LogP contribution < -0.4 is 10.2 Å². The topological polar surface area (TPSA) is 32.3 Å². The van der Waals surface area contributed by atoms with Crippen LogP contribution in [0, 0.1) is 0 Å². The van der Waals surface area contributed by atoms with Crippen LogP contribution in [0.15, 0.2) is 54.6 Å². The molecule has 1 fully saturated rings. The highest BCUT2D eigenvalue weighted by molar-refractivity contribution is 6.30. The number of amides is 1. The highest BCUT2D eigenvalue weighted by Gasteiger charge is 2.57. The second kappa shape index (κ2) is 5.63. The van der Waals surface area contributed by atoms with Crippen LogP contribution in [0.4, 0.5) is 5.69 Å². The van der Waals surface area contributed by atoms with E-state index in [0.717, 1.165) is 5.56 Å². The molecular formula is C21H21ClN2O. The van der Waals surface area contributed by atoms with Gasteiger partial charge < -0.3 is 10.2 Å². The fourth-order valence-electron chi connectivity index (χ4n) is 4.15. The molecule has 2 aromatic carbocycles. The summed E-state index contributed by atoms with van der Waals surface area (Å²) in [5.74, 6) is 0.0906. The highest BCUT2D eigenvalue weighted by Crippen LogP contribution is 2.52. The average Bonchev–Trinajstić information content (AvgIpc) is 2.78. The monoisotopic (exact) mass is 352 g/mol. The number of fused-ring (bicyclic) bond motifs is 3. The third kappa shape index (κ3) is 2.37. The number of rotatable bonds is 2. The molecule has 3 nitrogen and oxygen atoms in total. The van der Waals surface area contributed by atoms with E-state index in [-0.39, 0.29) is 11.3 Å². The Kier molecular flexibility index (Phi) is 3.66. The first-order valence-corrected chi connectivity index (χ1v) is 8.95.